The second-order valence-corrected chi connectivity index (χ2v) is 19.2. The normalized spacial score (nSPS) is 12.0. The Labute approximate surface area is 398 Å². The second-order valence-electron chi connectivity index (χ2n) is 12.8. The highest BCUT2D eigenvalue weighted by molar-refractivity contribution is 7.96. The number of fused-ring (bicyclic) bond motifs is 2. The number of aromatic nitrogens is 1. The third-order valence-corrected chi connectivity index (χ3v) is 13.8. The van der Waals surface area contributed by atoms with Crippen molar-refractivity contribution in [3.8, 4) is 5.75 Å². The van der Waals surface area contributed by atoms with Gasteiger partial charge in [0.05, 0.1) is 68.0 Å². The number of hydrogen-bond donors (Lipinski definition) is 6. The van der Waals surface area contributed by atoms with Gasteiger partial charge < -0.3 is 30.4 Å². The van der Waals surface area contributed by atoms with E-state index in [1.807, 2.05) is 0 Å². The topological polar surface area (TPSA) is 402 Å². The summed E-state index contributed by atoms with van der Waals surface area (Å²) >= 11 is 1.76. The van der Waals surface area contributed by atoms with Gasteiger partial charge >= 0.3 is 5.97 Å². The SMILES string of the molecule is Nc1ccc2c(O)c(N=Nc3ccc4cc(SOC(=O)CSOOO)ccc4c3S(=O)(=O)O)c(SOOO)cc2c1N=Nc1ccc(S(=O)(=O)CC[n+]2cccc(C(=O)[O-])c2)cc1SOOO.O. The number of carbonyl (C=O) groups is 2. The summed E-state index contributed by atoms with van der Waals surface area (Å²) in [6.45, 7) is -0.129. The number of sulfone groups is 1. The molecule has 0 spiro atoms. The summed E-state index contributed by atoms with van der Waals surface area (Å²) in [6, 6.07) is 17.1. The number of aryl methyl sites for hydroxylation is 1. The largest absolute Gasteiger partial charge is 0.545 e. The number of carbonyl (C=O) groups excluding carboxylic acids is 2. The van der Waals surface area contributed by atoms with Crippen LogP contribution in [0.15, 0.2) is 136 Å². The Balaban J connectivity index is 0.00000864. The van der Waals surface area contributed by atoms with E-state index in [4.69, 9.17) is 25.7 Å². The van der Waals surface area contributed by atoms with Crippen LogP contribution in [0.4, 0.5) is 28.4 Å². The van der Waals surface area contributed by atoms with Gasteiger partial charge in [0.25, 0.3) is 10.1 Å². The van der Waals surface area contributed by atoms with Crippen molar-refractivity contribution in [2.75, 3.05) is 17.2 Å². The van der Waals surface area contributed by atoms with Gasteiger partial charge in [-0.1, -0.05) is 27.2 Å². The lowest BCUT2D eigenvalue weighted by Gasteiger charge is -2.12. The highest BCUT2D eigenvalue weighted by Crippen LogP contribution is 2.48. The number of carboxylic acid groups (broad SMARTS) is 1. The second kappa shape index (κ2) is 24.1. The van der Waals surface area contributed by atoms with E-state index >= 15 is 0 Å². The summed E-state index contributed by atoms with van der Waals surface area (Å²) in [5.74, 6) is -3.62. The van der Waals surface area contributed by atoms with Crippen LogP contribution in [0, 0.1) is 0 Å². The highest BCUT2D eigenvalue weighted by atomic mass is 32.2. The number of nitrogens with zero attached hydrogens (tertiary/aromatic N) is 5. The van der Waals surface area contributed by atoms with Gasteiger partial charge in [-0.05, 0) is 66.0 Å². The van der Waals surface area contributed by atoms with Gasteiger partial charge in [0, 0.05) is 39.2 Å². The number of pyridine rings is 1. The maximum absolute atomic E-state index is 13.3. The van der Waals surface area contributed by atoms with Crippen molar-refractivity contribution in [2.24, 2.45) is 20.5 Å². The smallest absolute Gasteiger partial charge is 0.330 e. The number of phenols is 1. The molecule has 0 fully saturated rings. The first-order valence-electron chi connectivity index (χ1n) is 17.8. The zero-order valence-corrected chi connectivity index (χ0v) is 38.4. The molecule has 0 bridgehead atoms. The number of rotatable bonds is 22. The fraction of sp³-hybridized carbons (Fsp3) is 0.0833. The van der Waals surface area contributed by atoms with Gasteiger partial charge in [0.2, 0.25) is 0 Å². The number of aromatic carboxylic acids is 1. The molecule has 0 aliphatic carbocycles. The van der Waals surface area contributed by atoms with E-state index in [-0.39, 0.29) is 82.3 Å². The van der Waals surface area contributed by atoms with Crippen LogP contribution in [0.3, 0.4) is 0 Å². The molecular weight excluding hydrogens is 1030 g/mol. The summed E-state index contributed by atoms with van der Waals surface area (Å²) in [5, 5.41) is 76.6. The zero-order chi connectivity index (χ0) is 48.3. The zero-order valence-electron chi connectivity index (χ0n) is 33.5. The van der Waals surface area contributed by atoms with Crippen molar-refractivity contribution in [3.63, 3.8) is 0 Å². The lowest BCUT2D eigenvalue weighted by molar-refractivity contribution is -0.692. The molecule has 0 saturated carbocycles. The fourth-order valence-electron chi connectivity index (χ4n) is 5.85. The number of benzene rings is 5. The molecule has 1 heterocycles. The van der Waals surface area contributed by atoms with Crippen molar-refractivity contribution in [1.29, 1.82) is 0 Å². The van der Waals surface area contributed by atoms with Crippen LogP contribution in [-0.4, -0.2) is 71.2 Å². The highest BCUT2D eigenvalue weighted by Gasteiger charge is 2.24. The molecule has 0 aliphatic rings. The predicted octanol–water partition coefficient (Wildman–Crippen LogP) is 6.13. The molecule has 68 heavy (non-hydrogen) atoms. The molecule has 1 aromatic heterocycles. The van der Waals surface area contributed by atoms with Gasteiger partial charge in [-0.2, -0.15) is 8.42 Å². The van der Waals surface area contributed by atoms with Crippen LogP contribution >= 0.6 is 48.2 Å². The van der Waals surface area contributed by atoms with E-state index in [0.717, 1.165) is 6.07 Å². The van der Waals surface area contributed by atoms with Crippen molar-refractivity contribution >= 4 is 130 Å². The number of nitrogen functional groups attached to an aromatic ring is 1. The molecule has 0 unspecified atom stereocenters. The Morgan fingerprint density at radius 3 is 2.13 bits per heavy atom. The maximum Gasteiger partial charge on any atom is 0.330 e. The van der Waals surface area contributed by atoms with E-state index in [0.29, 0.717) is 53.1 Å². The number of phenolic OH excluding ortho intramolecular Hbond substituents is 1. The minimum Gasteiger partial charge on any atom is -0.545 e. The van der Waals surface area contributed by atoms with Gasteiger partial charge in [0.1, 0.15) is 39.2 Å². The average molecular weight is 1060 g/mol. The molecule has 26 nitrogen and oxygen atoms in total. The molecular formula is C36H30N6O20S6. The van der Waals surface area contributed by atoms with Crippen LogP contribution in [-0.2, 0) is 63.6 Å². The summed E-state index contributed by atoms with van der Waals surface area (Å²) in [4.78, 5) is 22.4. The predicted molar refractivity (Wildman–Crippen MR) is 236 cm³/mol. The van der Waals surface area contributed by atoms with Crippen molar-refractivity contribution in [1.82, 2.24) is 0 Å². The van der Waals surface area contributed by atoms with Crippen LogP contribution in [0.25, 0.3) is 21.5 Å². The van der Waals surface area contributed by atoms with Crippen molar-refractivity contribution < 1.29 is 99.3 Å². The molecule has 0 aliphatic heterocycles. The Morgan fingerprint density at radius 2 is 1.43 bits per heavy atom. The molecule has 0 radical (unpaired) electrons. The van der Waals surface area contributed by atoms with Crippen molar-refractivity contribution in [2.45, 2.75) is 31.0 Å². The first kappa shape index (κ1) is 53.3. The molecule has 0 atom stereocenters. The minimum absolute atomic E-state index is 0. The summed E-state index contributed by atoms with van der Waals surface area (Å²) in [7, 11) is -9.05. The minimum atomic E-state index is -5.01. The molecule has 6 aromatic rings. The van der Waals surface area contributed by atoms with Crippen LogP contribution in [0.2, 0.25) is 0 Å². The van der Waals surface area contributed by atoms with E-state index in [1.165, 1.54) is 89.8 Å². The number of hydrogen-bond acceptors (Lipinski definition) is 27. The molecule has 0 saturated heterocycles. The van der Waals surface area contributed by atoms with Gasteiger partial charge in [-0.15, -0.1) is 33.5 Å². The third kappa shape index (κ3) is 13.3. The summed E-state index contributed by atoms with van der Waals surface area (Å²) < 4.78 is 82.2. The standard InChI is InChI=1S/C36H28N6O19S6.H2O/c37-26-8-7-24-25(32(26)40-38-27-10-5-22(15-29(27)64-60-57-48)66(50,51)13-12-42-11-1-2-20(17-42)36(45)46)16-30(65-61-58-49)33(34(24)44)41-39-28-9-3-19-14-21(63-55-31(43)18-62-59-56-47)4-6-23(19)35(28)67(52,53)54;/h1-11,14-17H,12-13,18H2,(H7-,37,38,39,44,45,46,47,48,49,52,53,54);1H2. The number of aromatic hydroxyl groups is 1. The van der Waals surface area contributed by atoms with Crippen LogP contribution in [0.5, 0.6) is 5.75 Å². The third-order valence-electron chi connectivity index (χ3n) is 8.73. The average Bonchev–Trinajstić information content (AvgIpc) is 3.30. The van der Waals surface area contributed by atoms with Crippen LogP contribution in [0.1, 0.15) is 10.4 Å². The fourth-order valence-corrected chi connectivity index (χ4v) is 9.85. The lowest BCUT2D eigenvalue weighted by atomic mass is 10.1. The molecule has 0 amide bonds. The molecule has 360 valence electrons. The molecule has 9 N–H and O–H groups in total. The lowest BCUT2D eigenvalue weighted by Crippen LogP contribution is -2.38. The van der Waals surface area contributed by atoms with E-state index in [2.05, 4.69) is 48.6 Å². The first-order valence-corrected chi connectivity index (χ1v) is 24.1. The van der Waals surface area contributed by atoms with Gasteiger partial charge in [0.15, 0.2) is 34.5 Å². The summed E-state index contributed by atoms with van der Waals surface area (Å²) in [6.07, 6.45) is 2.70. The monoisotopic (exact) mass is 1060 g/mol. The van der Waals surface area contributed by atoms with E-state index in [9.17, 15) is 41.2 Å². The maximum atomic E-state index is 13.3. The number of anilines is 1. The molecule has 5 aromatic carbocycles. The van der Waals surface area contributed by atoms with Gasteiger partial charge in [-0.3, -0.25) is 9.35 Å². The quantitative estimate of drug-likeness (QED) is 0.00650. The molecule has 6 rings (SSSR count). The van der Waals surface area contributed by atoms with Crippen LogP contribution < -0.4 is 15.4 Å². The number of nitrogens with two attached hydrogens (primary N) is 1. The summed E-state index contributed by atoms with van der Waals surface area (Å²) in [5.41, 5.74) is 5.27. The first-order chi connectivity index (χ1) is 32.0. The Kier molecular flexibility index (Phi) is 18.9. The number of carboxylic acids is 1. The molecule has 32 heteroatoms. The van der Waals surface area contributed by atoms with E-state index in [1.54, 1.807) is 0 Å². The Bertz CT molecular complexity index is 3130. The van der Waals surface area contributed by atoms with E-state index < -0.39 is 54.0 Å². The van der Waals surface area contributed by atoms with Gasteiger partial charge in [-0.25, -0.2) is 28.8 Å². The van der Waals surface area contributed by atoms with Crippen molar-refractivity contribution in [3.05, 3.63) is 96.8 Å². The number of azo groups is 2. The Hall–Kier alpha value is -5.63. The Morgan fingerprint density at radius 1 is 0.750 bits per heavy atom.